The van der Waals surface area contributed by atoms with Crippen LogP contribution in [0, 0.1) is 6.92 Å². The number of carbonyl (C=O) groups is 1. The third kappa shape index (κ3) is 1.65. The van der Waals surface area contributed by atoms with Crippen LogP contribution in [0.15, 0.2) is 23.3 Å². The zero-order valence-corrected chi connectivity index (χ0v) is 11.3. The van der Waals surface area contributed by atoms with Crippen LogP contribution in [-0.2, 0) is 20.7 Å². The van der Waals surface area contributed by atoms with E-state index in [0.29, 0.717) is 12.1 Å². The van der Waals surface area contributed by atoms with E-state index >= 15 is 0 Å². The van der Waals surface area contributed by atoms with Crippen molar-refractivity contribution in [1.82, 2.24) is 5.01 Å². The fourth-order valence-corrected chi connectivity index (χ4v) is 2.72. The van der Waals surface area contributed by atoms with Gasteiger partial charge < -0.3 is 9.47 Å². The van der Waals surface area contributed by atoms with Gasteiger partial charge in [0.05, 0.1) is 7.11 Å². The number of benzene rings is 1. The number of nitrogens with zero attached hydrogens (tertiary/aromatic N) is 2. The Kier molecular flexibility index (Phi) is 2.60. The lowest BCUT2D eigenvalue weighted by atomic mass is 9.98. The first kappa shape index (κ1) is 12.2. The number of rotatable bonds is 1. The van der Waals surface area contributed by atoms with Crippen molar-refractivity contribution < 1.29 is 14.3 Å². The Balaban J connectivity index is 2.17. The van der Waals surface area contributed by atoms with Crippen molar-refractivity contribution in [2.45, 2.75) is 18.9 Å². The van der Waals surface area contributed by atoms with Crippen molar-refractivity contribution in [3.8, 4) is 0 Å². The van der Waals surface area contributed by atoms with Gasteiger partial charge in [-0.05, 0) is 12.5 Å². The highest BCUT2D eigenvalue weighted by Crippen LogP contribution is 2.37. The highest BCUT2D eigenvalue weighted by atomic mass is 16.6. The van der Waals surface area contributed by atoms with Gasteiger partial charge in [0.1, 0.15) is 12.4 Å². The summed E-state index contributed by atoms with van der Waals surface area (Å²) >= 11 is 0. The summed E-state index contributed by atoms with van der Waals surface area (Å²) in [5.74, 6) is -0.381. The second-order valence-electron chi connectivity index (χ2n) is 5.04. The molecule has 0 bridgehead atoms. The van der Waals surface area contributed by atoms with Gasteiger partial charge >= 0.3 is 5.97 Å². The van der Waals surface area contributed by atoms with E-state index in [1.807, 2.05) is 26.1 Å². The zero-order chi connectivity index (χ0) is 13.6. The molecule has 19 heavy (non-hydrogen) atoms. The number of methoxy groups -OCH3 is 1. The summed E-state index contributed by atoms with van der Waals surface area (Å²) in [6, 6.07) is 6.09. The van der Waals surface area contributed by atoms with Crippen molar-refractivity contribution >= 4 is 11.7 Å². The lowest BCUT2D eigenvalue weighted by Crippen LogP contribution is -2.53. The lowest BCUT2D eigenvalue weighted by molar-refractivity contribution is -0.166. The zero-order valence-electron chi connectivity index (χ0n) is 11.3. The van der Waals surface area contributed by atoms with E-state index in [-0.39, 0.29) is 12.7 Å². The normalized spacial score (nSPS) is 24.6. The maximum Gasteiger partial charge on any atom is 0.345 e. The first-order valence-corrected chi connectivity index (χ1v) is 6.19. The summed E-state index contributed by atoms with van der Waals surface area (Å²) in [6.07, 6.45) is 0.489. The smallest absolute Gasteiger partial charge is 0.345 e. The topological polar surface area (TPSA) is 51.1 Å². The van der Waals surface area contributed by atoms with Crippen LogP contribution >= 0.6 is 0 Å². The van der Waals surface area contributed by atoms with Crippen LogP contribution < -0.4 is 0 Å². The van der Waals surface area contributed by atoms with E-state index < -0.39 is 5.60 Å². The molecule has 1 aromatic rings. The monoisotopic (exact) mass is 260 g/mol. The molecule has 1 aliphatic heterocycles. The number of carbonyl (C=O) groups excluding carboxylic acids is 1. The maximum atomic E-state index is 12.2. The summed E-state index contributed by atoms with van der Waals surface area (Å²) in [4.78, 5) is 12.2. The van der Waals surface area contributed by atoms with Gasteiger partial charge in [-0.15, -0.1) is 0 Å². The van der Waals surface area contributed by atoms with Gasteiger partial charge in [0, 0.05) is 19.0 Å². The fraction of sp³-hybridized carbons (Fsp3) is 0.429. The molecule has 100 valence electrons. The largest absolute Gasteiger partial charge is 0.467 e. The molecule has 0 saturated carbocycles. The molecule has 0 radical (unpaired) electrons. The molecule has 5 nitrogen and oxygen atoms in total. The van der Waals surface area contributed by atoms with Crippen LogP contribution in [-0.4, -0.2) is 43.2 Å². The first-order valence-electron chi connectivity index (χ1n) is 6.19. The Morgan fingerprint density at radius 3 is 3.05 bits per heavy atom. The van der Waals surface area contributed by atoms with E-state index in [1.165, 1.54) is 7.11 Å². The Hall–Kier alpha value is -1.88. The molecule has 3 rings (SSSR count). The van der Waals surface area contributed by atoms with E-state index in [4.69, 9.17) is 9.47 Å². The quantitative estimate of drug-likeness (QED) is 0.709. The molecule has 1 atom stereocenters. The molecule has 1 heterocycles. The van der Waals surface area contributed by atoms with Crippen molar-refractivity contribution in [3.63, 3.8) is 0 Å². The van der Waals surface area contributed by atoms with Crippen molar-refractivity contribution in [2.75, 3.05) is 20.9 Å². The second kappa shape index (κ2) is 4.06. The molecular weight excluding hydrogens is 244 g/mol. The predicted octanol–water partition coefficient (Wildman–Crippen LogP) is 1.09. The molecule has 5 heteroatoms. The number of hydrazone groups is 1. The Morgan fingerprint density at radius 1 is 1.53 bits per heavy atom. The van der Waals surface area contributed by atoms with Gasteiger partial charge in [-0.2, -0.15) is 5.10 Å². The standard InChI is InChI=1S/C14H16N2O3/c1-9-4-5-11-10(6-9)7-14(13(17)18-3)12(11)15-16(2)8-19-14/h4-6H,7-8H2,1-3H3/t14-/m0/s1. The molecule has 2 aliphatic rings. The molecular formula is C14H16N2O3. The van der Waals surface area contributed by atoms with Gasteiger partial charge in [0.15, 0.2) is 0 Å². The Bertz CT molecular complexity index is 582. The van der Waals surface area contributed by atoms with Gasteiger partial charge in [-0.1, -0.05) is 23.8 Å². The first-order chi connectivity index (χ1) is 9.06. The van der Waals surface area contributed by atoms with Gasteiger partial charge in [0.2, 0.25) is 5.60 Å². The van der Waals surface area contributed by atoms with Crippen molar-refractivity contribution in [1.29, 1.82) is 0 Å². The van der Waals surface area contributed by atoms with E-state index in [1.54, 1.807) is 5.01 Å². The third-order valence-electron chi connectivity index (χ3n) is 3.62. The third-order valence-corrected chi connectivity index (χ3v) is 3.62. The van der Waals surface area contributed by atoms with Crippen LogP contribution in [0.2, 0.25) is 0 Å². The van der Waals surface area contributed by atoms with Crippen LogP contribution in [0.4, 0.5) is 0 Å². The highest BCUT2D eigenvalue weighted by Gasteiger charge is 2.54. The average Bonchev–Trinajstić information content (AvgIpc) is 2.71. The summed E-state index contributed by atoms with van der Waals surface area (Å²) in [6.45, 7) is 2.31. The molecule has 1 aromatic carbocycles. The number of hydrogen-bond acceptors (Lipinski definition) is 5. The number of ether oxygens (including phenoxy) is 2. The SMILES string of the molecule is COC(=O)[C@]12Cc3cc(C)ccc3C1=NN(C)CO2. The van der Waals surface area contributed by atoms with Gasteiger partial charge in [0.25, 0.3) is 0 Å². The molecule has 0 N–H and O–H groups in total. The average molecular weight is 260 g/mol. The second-order valence-corrected chi connectivity index (χ2v) is 5.04. The van der Waals surface area contributed by atoms with Crippen LogP contribution in [0.3, 0.4) is 0 Å². The minimum Gasteiger partial charge on any atom is -0.467 e. The van der Waals surface area contributed by atoms with Crippen molar-refractivity contribution in [2.24, 2.45) is 5.10 Å². The minimum absolute atomic E-state index is 0.283. The predicted molar refractivity (Wildman–Crippen MR) is 69.9 cm³/mol. The van der Waals surface area contributed by atoms with Crippen LogP contribution in [0.25, 0.3) is 0 Å². The molecule has 0 fully saturated rings. The molecule has 0 aromatic heterocycles. The van der Waals surface area contributed by atoms with Crippen LogP contribution in [0.1, 0.15) is 16.7 Å². The van der Waals surface area contributed by atoms with E-state index in [9.17, 15) is 4.79 Å². The maximum absolute atomic E-state index is 12.2. The van der Waals surface area contributed by atoms with Crippen LogP contribution in [0.5, 0.6) is 0 Å². The van der Waals surface area contributed by atoms with Gasteiger partial charge in [-0.3, -0.25) is 5.01 Å². The molecule has 0 amide bonds. The molecule has 1 aliphatic carbocycles. The summed E-state index contributed by atoms with van der Waals surface area (Å²) in [5, 5.41) is 6.17. The van der Waals surface area contributed by atoms with E-state index in [2.05, 4.69) is 11.2 Å². The number of fused-ring (bicyclic) bond motifs is 3. The number of aryl methyl sites for hydroxylation is 1. The summed E-state index contributed by atoms with van der Waals surface area (Å²) in [7, 11) is 3.20. The molecule has 0 unspecified atom stereocenters. The number of hydrogen-bond donors (Lipinski definition) is 0. The van der Waals surface area contributed by atoms with E-state index in [0.717, 1.165) is 16.7 Å². The molecule has 0 spiro atoms. The molecule has 0 saturated heterocycles. The van der Waals surface area contributed by atoms with Crippen molar-refractivity contribution in [3.05, 3.63) is 34.9 Å². The fourth-order valence-electron chi connectivity index (χ4n) is 2.72. The lowest BCUT2D eigenvalue weighted by Gasteiger charge is -2.33. The summed E-state index contributed by atoms with van der Waals surface area (Å²) < 4.78 is 10.7. The Labute approximate surface area is 111 Å². The van der Waals surface area contributed by atoms with Gasteiger partial charge in [-0.25, -0.2) is 4.79 Å². The Morgan fingerprint density at radius 2 is 2.32 bits per heavy atom. The highest BCUT2D eigenvalue weighted by molar-refractivity contribution is 6.21. The number of esters is 1. The minimum atomic E-state index is -1.07. The summed E-state index contributed by atoms with van der Waals surface area (Å²) in [5.41, 5.74) is 2.80.